The van der Waals surface area contributed by atoms with Crippen molar-refractivity contribution in [3.05, 3.63) is 0 Å². The Bertz CT molecular complexity index is 191. The SMILES string of the molecule is CCC(C#N)CN(C)CCC1CCC1. The molecule has 0 aromatic rings. The molecule has 2 nitrogen and oxygen atoms in total. The van der Waals surface area contributed by atoms with Gasteiger partial charge in [-0.15, -0.1) is 0 Å². The molecule has 0 aromatic heterocycles. The largest absolute Gasteiger partial charge is 0.305 e. The number of nitrogens with zero attached hydrogens (tertiary/aromatic N) is 2. The van der Waals surface area contributed by atoms with E-state index in [0.717, 1.165) is 18.9 Å². The highest BCUT2D eigenvalue weighted by atomic mass is 15.1. The minimum atomic E-state index is 0.224. The average molecular weight is 194 g/mol. The molecule has 0 heterocycles. The summed E-state index contributed by atoms with van der Waals surface area (Å²) in [4.78, 5) is 2.32. The van der Waals surface area contributed by atoms with Gasteiger partial charge in [0.25, 0.3) is 0 Å². The van der Waals surface area contributed by atoms with Gasteiger partial charge in [-0.25, -0.2) is 0 Å². The van der Waals surface area contributed by atoms with Crippen LogP contribution in [-0.2, 0) is 0 Å². The molecule has 80 valence electrons. The second-order valence-electron chi connectivity index (χ2n) is 4.58. The fourth-order valence-corrected chi connectivity index (χ4v) is 1.91. The molecular formula is C12H22N2. The Hall–Kier alpha value is -0.550. The van der Waals surface area contributed by atoms with Gasteiger partial charge in [0.1, 0.15) is 0 Å². The van der Waals surface area contributed by atoms with Crippen molar-refractivity contribution in [2.24, 2.45) is 11.8 Å². The Morgan fingerprint density at radius 3 is 2.64 bits per heavy atom. The smallest absolute Gasteiger partial charge is 0.0669 e. The average Bonchev–Trinajstić information content (AvgIpc) is 2.11. The lowest BCUT2D eigenvalue weighted by Crippen LogP contribution is -2.28. The van der Waals surface area contributed by atoms with Crippen molar-refractivity contribution in [3.8, 4) is 6.07 Å². The molecule has 0 saturated heterocycles. The van der Waals surface area contributed by atoms with E-state index in [1.54, 1.807) is 0 Å². The molecule has 1 atom stereocenters. The lowest BCUT2D eigenvalue weighted by molar-refractivity contribution is 0.228. The number of hydrogen-bond donors (Lipinski definition) is 0. The van der Waals surface area contributed by atoms with Gasteiger partial charge in [0.15, 0.2) is 0 Å². The minimum Gasteiger partial charge on any atom is -0.305 e. The van der Waals surface area contributed by atoms with Crippen LogP contribution in [-0.4, -0.2) is 25.0 Å². The number of hydrogen-bond acceptors (Lipinski definition) is 2. The Morgan fingerprint density at radius 2 is 2.21 bits per heavy atom. The third-order valence-electron chi connectivity index (χ3n) is 3.35. The van der Waals surface area contributed by atoms with Gasteiger partial charge in [0.2, 0.25) is 0 Å². The molecule has 0 spiro atoms. The highest BCUT2D eigenvalue weighted by Crippen LogP contribution is 2.29. The summed E-state index contributed by atoms with van der Waals surface area (Å²) in [7, 11) is 2.14. The van der Waals surface area contributed by atoms with Gasteiger partial charge < -0.3 is 4.90 Å². The van der Waals surface area contributed by atoms with Crippen LogP contribution in [0.3, 0.4) is 0 Å². The van der Waals surface area contributed by atoms with E-state index in [0.29, 0.717) is 0 Å². The summed E-state index contributed by atoms with van der Waals surface area (Å²) < 4.78 is 0. The van der Waals surface area contributed by atoms with E-state index in [1.165, 1.54) is 32.2 Å². The molecular weight excluding hydrogens is 172 g/mol. The summed E-state index contributed by atoms with van der Waals surface area (Å²) >= 11 is 0. The second kappa shape index (κ2) is 6.03. The second-order valence-corrected chi connectivity index (χ2v) is 4.58. The quantitative estimate of drug-likeness (QED) is 0.650. The van der Waals surface area contributed by atoms with Crippen molar-refractivity contribution in [3.63, 3.8) is 0 Å². The standard InChI is InChI=1S/C12H22N2/c1-3-11(9-13)10-14(2)8-7-12-5-4-6-12/h11-12H,3-8,10H2,1-2H3. The first-order valence-electron chi connectivity index (χ1n) is 5.84. The Labute approximate surface area is 87.9 Å². The van der Waals surface area contributed by atoms with Gasteiger partial charge in [-0.2, -0.15) is 5.26 Å². The topological polar surface area (TPSA) is 27.0 Å². The highest BCUT2D eigenvalue weighted by Gasteiger charge is 2.18. The van der Waals surface area contributed by atoms with Crippen molar-refractivity contribution in [2.75, 3.05) is 20.1 Å². The van der Waals surface area contributed by atoms with Crippen LogP contribution in [0, 0.1) is 23.2 Å². The van der Waals surface area contributed by atoms with Crippen LogP contribution >= 0.6 is 0 Å². The van der Waals surface area contributed by atoms with Crippen LogP contribution in [0.1, 0.15) is 39.0 Å². The Kier molecular flexibility index (Phi) is 4.97. The maximum absolute atomic E-state index is 8.83. The number of nitriles is 1. The molecule has 1 fully saturated rings. The van der Waals surface area contributed by atoms with Gasteiger partial charge >= 0.3 is 0 Å². The zero-order valence-electron chi connectivity index (χ0n) is 9.50. The summed E-state index contributed by atoms with van der Waals surface area (Å²) in [6, 6.07) is 2.36. The number of rotatable bonds is 6. The van der Waals surface area contributed by atoms with Crippen molar-refractivity contribution in [1.29, 1.82) is 5.26 Å². The first-order valence-corrected chi connectivity index (χ1v) is 5.84. The molecule has 0 radical (unpaired) electrons. The Morgan fingerprint density at radius 1 is 1.50 bits per heavy atom. The van der Waals surface area contributed by atoms with Crippen LogP contribution in [0.15, 0.2) is 0 Å². The summed E-state index contributed by atoms with van der Waals surface area (Å²) in [5.41, 5.74) is 0. The lowest BCUT2D eigenvalue weighted by atomic mass is 9.83. The molecule has 0 amide bonds. The lowest BCUT2D eigenvalue weighted by Gasteiger charge is -2.28. The van der Waals surface area contributed by atoms with E-state index in [4.69, 9.17) is 5.26 Å². The predicted molar refractivity (Wildman–Crippen MR) is 58.8 cm³/mol. The van der Waals surface area contributed by atoms with Crippen LogP contribution in [0.2, 0.25) is 0 Å². The normalized spacial score (nSPS) is 19.0. The molecule has 0 bridgehead atoms. The van der Waals surface area contributed by atoms with Crippen molar-refractivity contribution < 1.29 is 0 Å². The zero-order chi connectivity index (χ0) is 10.4. The van der Waals surface area contributed by atoms with E-state index in [-0.39, 0.29) is 5.92 Å². The van der Waals surface area contributed by atoms with Crippen LogP contribution in [0.5, 0.6) is 0 Å². The summed E-state index contributed by atoms with van der Waals surface area (Å²) in [6.45, 7) is 4.20. The van der Waals surface area contributed by atoms with Gasteiger partial charge in [-0.05, 0) is 32.4 Å². The highest BCUT2D eigenvalue weighted by molar-refractivity contribution is 4.83. The van der Waals surface area contributed by atoms with Gasteiger partial charge in [0.05, 0.1) is 12.0 Å². The Balaban J connectivity index is 2.08. The molecule has 1 saturated carbocycles. The van der Waals surface area contributed by atoms with E-state index in [9.17, 15) is 0 Å². The van der Waals surface area contributed by atoms with Crippen molar-refractivity contribution >= 4 is 0 Å². The third kappa shape index (κ3) is 3.67. The zero-order valence-corrected chi connectivity index (χ0v) is 9.50. The van der Waals surface area contributed by atoms with Gasteiger partial charge in [0, 0.05) is 6.54 Å². The van der Waals surface area contributed by atoms with Crippen molar-refractivity contribution in [1.82, 2.24) is 4.90 Å². The minimum absolute atomic E-state index is 0.224. The first kappa shape index (κ1) is 11.5. The van der Waals surface area contributed by atoms with Crippen LogP contribution in [0.25, 0.3) is 0 Å². The summed E-state index contributed by atoms with van der Waals surface area (Å²) in [5, 5.41) is 8.83. The maximum Gasteiger partial charge on any atom is 0.0669 e. The first-order chi connectivity index (χ1) is 6.76. The molecule has 14 heavy (non-hydrogen) atoms. The molecule has 1 unspecified atom stereocenters. The molecule has 0 N–H and O–H groups in total. The molecule has 1 aliphatic rings. The van der Waals surface area contributed by atoms with Crippen LogP contribution < -0.4 is 0 Å². The van der Waals surface area contributed by atoms with E-state index < -0.39 is 0 Å². The molecule has 1 rings (SSSR count). The van der Waals surface area contributed by atoms with E-state index in [1.807, 2.05) is 0 Å². The molecule has 0 aromatic carbocycles. The predicted octanol–water partition coefficient (Wildman–Crippen LogP) is 2.66. The third-order valence-corrected chi connectivity index (χ3v) is 3.35. The van der Waals surface area contributed by atoms with Gasteiger partial charge in [-0.3, -0.25) is 0 Å². The van der Waals surface area contributed by atoms with E-state index >= 15 is 0 Å². The van der Waals surface area contributed by atoms with E-state index in [2.05, 4.69) is 24.9 Å². The summed E-state index contributed by atoms with van der Waals surface area (Å²) in [6.07, 6.45) is 6.61. The molecule has 0 aliphatic heterocycles. The van der Waals surface area contributed by atoms with Crippen LogP contribution in [0.4, 0.5) is 0 Å². The summed E-state index contributed by atoms with van der Waals surface area (Å²) in [5.74, 6) is 1.21. The molecule has 1 aliphatic carbocycles. The monoisotopic (exact) mass is 194 g/mol. The fraction of sp³-hybridized carbons (Fsp3) is 0.917. The van der Waals surface area contributed by atoms with Gasteiger partial charge in [-0.1, -0.05) is 26.2 Å². The maximum atomic E-state index is 8.83. The molecule has 2 heteroatoms. The van der Waals surface area contributed by atoms with Crippen molar-refractivity contribution in [2.45, 2.75) is 39.0 Å². The fourth-order valence-electron chi connectivity index (χ4n) is 1.91.